The third-order valence-electron chi connectivity index (χ3n) is 4.76. The average molecular weight is 515 g/mol. The number of carbonyl (C=O) groups is 5. The van der Waals surface area contributed by atoms with Gasteiger partial charge in [0.1, 0.15) is 11.3 Å². The predicted octanol–water partition coefficient (Wildman–Crippen LogP) is 0.949. The maximum Gasteiger partial charge on any atom is 0.355 e. The molecule has 1 aliphatic carbocycles. The Bertz CT molecular complexity index is 1310. The lowest BCUT2D eigenvalue weighted by atomic mass is 10.1. The molecule has 0 aromatic rings. The summed E-state index contributed by atoms with van der Waals surface area (Å²) in [6, 6.07) is 8.02. The standard InChI is InChI=1S/C24H25N3O10/c1-6-37-24(32)20-14-10-8-7-9-11-16(14)27(17(23(31)36-5)13-19(29)34-3)21(20)26-25-15(22(30)35-4)12-18(28)33-2/h7-11,13H,6,12H2,1-5H3/b17-13+,25-15-,26-21+. The van der Waals surface area contributed by atoms with Crippen LogP contribution >= 0.6 is 0 Å². The minimum absolute atomic E-state index is 0.00475. The fourth-order valence-corrected chi connectivity index (χ4v) is 3.11. The number of hydrogen-bond donors (Lipinski definition) is 0. The Kier molecular flexibility index (Phi) is 10.2. The second kappa shape index (κ2) is 13.3. The van der Waals surface area contributed by atoms with Gasteiger partial charge in [0.25, 0.3) is 0 Å². The first-order chi connectivity index (χ1) is 17.7. The lowest BCUT2D eigenvalue weighted by Crippen LogP contribution is -2.27. The Morgan fingerprint density at radius 1 is 0.892 bits per heavy atom. The van der Waals surface area contributed by atoms with Crippen LogP contribution in [0.25, 0.3) is 17.0 Å². The van der Waals surface area contributed by atoms with E-state index in [1.807, 2.05) is 0 Å². The molecule has 0 unspecified atom stereocenters. The van der Waals surface area contributed by atoms with E-state index in [2.05, 4.69) is 24.4 Å². The van der Waals surface area contributed by atoms with E-state index in [4.69, 9.17) is 9.47 Å². The Balaban J connectivity index is 3.12. The van der Waals surface area contributed by atoms with Crippen molar-refractivity contribution in [3.63, 3.8) is 0 Å². The zero-order valence-corrected chi connectivity index (χ0v) is 20.8. The highest BCUT2D eigenvalue weighted by atomic mass is 16.5. The van der Waals surface area contributed by atoms with Gasteiger partial charge in [-0.1, -0.05) is 24.3 Å². The third-order valence-corrected chi connectivity index (χ3v) is 4.76. The molecular formula is C24H25N3O10. The van der Waals surface area contributed by atoms with Gasteiger partial charge in [0.2, 0.25) is 0 Å². The fourth-order valence-electron chi connectivity index (χ4n) is 3.11. The maximum atomic E-state index is 13.1. The van der Waals surface area contributed by atoms with Crippen molar-refractivity contribution in [2.75, 3.05) is 35.0 Å². The maximum absolute atomic E-state index is 13.1. The van der Waals surface area contributed by atoms with Crippen LogP contribution in [-0.4, -0.2) is 75.2 Å². The van der Waals surface area contributed by atoms with Crippen LogP contribution in [0.3, 0.4) is 0 Å². The van der Waals surface area contributed by atoms with Gasteiger partial charge in [-0.25, -0.2) is 19.2 Å². The molecule has 1 aliphatic heterocycles. The minimum Gasteiger partial charge on any atom is -0.469 e. The zero-order valence-electron chi connectivity index (χ0n) is 20.8. The molecule has 13 nitrogen and oxygen atoms in total. The molecule has 0 saturated carbocycles. The molecule has 0 spiro atoms. The summed E-state index contributed by atoms with van der Waals surface area (Å²) < 4.78 is 25.0. The first-order valence-corrected chi connectivity index (χ1v) is 10.7. The largest absolute Gasteiger partial charge is 0.469 e. The Morgan fingerprint density at radius 3 is 2.16 bits per heavy atom. The fraction of sp³-hybridized carbons (Fsp3) is 0.292. The van der Waals surface area contributed by atoms with Gasteiger partial charge in [0.15, 0.2) is 11.2 Å². The lowest BCUT2D eigenvalue weighted by Gasteiger charge is -2.10. The highest BCUT2D eigenvalue weighted by Gasteiger charge is 2.30. The summed E-state index contributed by atoms with van der Waals surface area (Å²) in [5.41, 5.74) is -0.782. The summed E-state index contributed by atoms with van der Waals surface area (Å²) in [6.45, 7) is 1.60. The summed E-state index contributed by atoms with van der Waals surface area (Å²) in [7, 11) is 4.39. The van der Waals surface area contributed by atoms with Gasteiger partial charge < -0.3 is 23.7 Å². The van der Waals surface area contributed by atoms with E-state index < -0.39 is 42.0 Å². The number of ether oxygens (including phenoxy) is 5. The second-order valence-corrected chi connectivity index (χ2v) is 6.90. The predicted molar refractivity (Wildman–Crippen MR) is 127 cm³/mol. The number of aromatic nitrogens is 1. The molecule has 37 heavy (non-hydrogen) atoms. The highest BCUT2D eigenvalue weighted by molar-refractivity contribution is 6.39. The Hall–Kier alpha value is -4.81. The zero-order chi connectivity index (χ0) is 27.5. The van der Waals surface area contributed by atoms with Gasteiger partial charge in [0, 0.05) is 5.56 Å². The molecule has 0 radical (unpaired) electrons. The van der Waals surface area contributed by atoms with Gasteiger partial charge in [0.05, 0.1) is 53.2 Å². The first kappa shape index (κ1) is 28.4. The summed E-state index contributed by atoms with van der Waals surface area (Å²) >= 11 is 0. The van der Waals surface area contributed by atoms with E-state index in [-0.39, 0.29) is 34.6 Å². The van der Waals surface area contributed by atoms with Crippen molar-refractivity contribution in [3.05, 3.63) is 47.5 Å². The van der Waals surface area contributed by atoms with E-state index in [0.717, 1.165) is 39.1 Å². The van der Waals surface area contributed by atoms with E-state index in [1.165, 1.54) is 0 Å². The molecule has 1 heterocycles. The van der Waals surface area contributed by atoms with Crippen molar-refractivity contribution in [2.45, 2.75) is 13.3 Å². The van der Waals surface area contributed by atoms with Crippen LogP contribution < -0.4 is 5.49 Å². The Labute approximate surface area is 211 Å². The van der Waals surface area contributed by atoms with Crippen molar-refractivity contribution in [1.29, 1.82) is 0 Å². The first-order valence-electron chi connectivity index (χ1n) is 10.7. The van der Waals surface area contributed by atoms with Crippen molar-refractivity contribution >= 4 is 41.3 Å². The van der Waals surface area contributed by atoms with Gasteiger partial charge in [-0.3, -0.25) is 9.36 Å². The summed E-state index contributed by atoms with van der Waals surface area (Å²) in [4.78, 5) is 62.0. The molecule has 0 N–H and O–H groups in total. The van der Waals surface area contributed by atoms with E-state index in [9.17, 15) is 24.0 Å². The van der Waals surface area contributed by atoms with Gasteiger partial charge in [-0.2, -0.15) is 0 Å². The SMILES string of the molecule is CCOC(=O)c1c2cccccc-2n(/C(=C/C(=O)OC)C(=O)OC)/c1=N/N=C(/CC(=O)OC)C(=O)OC. The number of nitrogens with zero attached hydrogens (tertiary/aromatic N) is 3. The highest BCUT2D eigenvalue weighted by Crippen LogP contribution is 2.28. The molecule has 0 fully saturated rings. The quantitative estimate of drug-likeness (QED) is 0.155. The van der Waals surface area contributed by atoms with E-state index in [1.54, 1.807) is 37.3 Å². The second-order valence-electron chi connectivity index (χ2n) is 6.90. The van der Waals surface area contributed by atoms with Crippen molar-refractivity contribution in [1.82, 2.24) is 4.57 Å². The number of rotatable bonds is 9. The van der Waals surface area contributed by atoms with Crippen LogP contribution in [0.2, 0.25) is 0 Å². The minimum atomic E-state index is -0.987. The summed E-state index contributed by atoms with van der Waals surface area (Å²) in [6.07, 6.45) is 0.240. The van der Waals surface area contributed by atoms with Crippen LogP contribution in [0.1, 0.15) is 23.7 Å². The smallest absolute Gasteiger partial charge is 0.355 e. The van der Waals surface area contributed by atoms with Crippen LogP contribution in [0.15, 0.2) is 46.6 Å². The van der Waals surface area contributed by atoms with Crippen LogP contribution in [0.4, 0.5) is 0 Å². The summed E-state index contributed by atoms with van der Waals surface area (Å²) in [5.74, 6) is -4.51. The molecule has 0 atom stereocenters. The normalized spacial score (nSPS) is 12.1. The average Bonchev–Trinajstić information content (AvgIpc) is 3.02. The molecule has 196 valence electrons. The molecule has 0 bridgehead atoms. The molecule has 0 aromatic heterocycles. The number of hydrogen-bond acceptors (Lipinski definition) is 12. The number of methoxy groups -OCH3 is 4. The molecule has 0 amide bonds. The monoisotopic (exact) mass is 515 g/mol. The Morgan fingerprint density at radius 2 is 1.57 bits per heavy atom. The number of esters is 5. The number of carbonyl (C=O) groups excluding carboxylic acids is 5. The van der Waals surface area contributed by atoms with Gasteiger partial charge in [-0.05, 0) is 13.0 Å². The molecule has 0 aromatic carbocycles. The molecule has 13 heteroatoms. The van der Waals surface area contributed by atoms with Gasteiger partial charge in [-0.15, -0.1) is 10.2 Å². The molecule has 2 aliphatic rings. The van der Waals surface area contributed by atoms with Crippen molar-refractivity contribution < 1.29 is 47.7 Å². The van der Waals surface area contributed by atoms with E-state index >= 15 is 0 Å². The van der Waals surface area contributed by atoms with Gasteiger partial charge >= 0.3 is 29.8 Å². The lowest BCUT2D eigenvalue weighted by molar-refractivity contribution is -0.140. The van der Waals surface area contributed by atoms with Crippen LogP contribution in [-0.2, 0) is 42.9 Å². The van der Waals surface area contributed by atoms with Crippen LogP contribution in [0.5, 0.6) is 0 Å². The summed E-state index contributed by atoms with van der Waals surface area (Å²) in [5, 5.41) is 7.87. The van der Waals surface area contributed by atoms with E-state index in [0.29, 0.717) is 0 Å². The molecular weight excluding hydrogens is 490 g/mol. The van der Waals surface area contributed by atoms with Crippen molar-refractivity contribution in [2.24, 2.45) is 10.2 Å². The van der Waals surface area contributed by atoms with Crippen molar-refractivity contribution in [3.8, 4) is 11.3 Å². The molecule has 2 rings (SSSR count). The molecule has 0 saturated heterocycles. The topological polar surface area (TPSA) is 161 Å². The van der Waals surface area contributed by atoms with Crippen LogP contribution in [0, 0.1) is 0 Å². The third kappa shape index (κ3) is 6.66. The number of fused-ring (bicyclic) bond motifs is 1.